The largest absolute Gasteiger partial charge is 0.497 e. The Hall–Kier alpha value is -1.36. The number of anilines is 1. The maximum Gasteiger partial charge on any atom is 0.225 e. The van der Waals surface area contributed by atoms with Gasteiger partial charge in [0.25, 0.3) is 0 Å². The van der Waals surface area contributed by atoms with Gasteiger partial charge < -0.3 is 14.8 Å². The Labute approximate surface area is 107 Å². The van der Waals surface area contributed by atoms with Crippen LogP contribution in [0, 0.1) is 6.92 Å². The Morgan fingerprint density at radius 3 is 2.59 bits per heavy atom. The van der Waals surface area contributed by atoms with Gasteiger partial charge in [-0.1, -0.05) is 0 Å². The maximum atomic E-state index is 11.5. The summed E-state index contributed by atoms with van der Waals surface area (Å²) in [6.45, 7) is 1.89. The van der Waals surface area contributed by atoms with Crippen LogP contribution in [0.5, 0.6) is 11.5 Å². The number of carbonyl (C=O) groups is 1. The molecule has 0 heterocycles. The maximum absolute atomic E-state index is 11.5. The number of hydrogen-bond donors (Lipinski definition) is 2. The Balaban J connectivity index is 3.01. The third-order valence-corrected chi connectivity index (χ3v) is 2.56. The quantitative estimate of drug-likeness (QED) is 0.793. The van der Waals surface area contributed by atoms with E-state index in [2.05, 4.69) is 17.9 Å². The smallest absolute Gasteiger partial charge is 0.225 e. The third-order valence-electron chi connectivity index (χ3n) is 2.33. The van der Waals surface area contributed by atoms with Crippen molar-refractivity contribution < 1.29 is 14.3 Å². The molecule has 4 nitrogen and oxygen atoms in total. The van der Waals surface area contributed by atoms with E-state index in [1.165, 1.54) is 0 Å². The first-order valence-electron chi connectivity index (χ1n) is 5.25. The average Bonchev–Trinajstić information content (AvgIpc) is 2.31. The number of aryl methyl sites for hydroxylation is 1. The number of thiol groups is 1. The van der Waals surface area contributed by atoms with Crippen molar-refractivity contribution in [3.8, 4) is 11.5 Å². The summed E-state index contributed by atoms with van der Waals surface area (Å²) in [6, 6.07) is 3.59. The standard InChI is InChI=1S/C12H17NO3S/c1-8-6-9(15-2)7-10(16-3)12(8)13-11(14)4-5-17/h6-7,17H,4-5H2,1-3H3,(H,13,14). The van der Waals surface area contributed by atoms with Crippen molar-refractivity contribution in [2.75, 3.05) is 25.3 Å². The van der Waals surface area contributed by atoms with E-state index < -0.39 is 0 Å². The summed E-state index contributed by atoms with van der Waals surface area (Å²) in [5, 5.41) is 2.81. The van der Waals surface area contributed by atoms with E-state index in [1.807, 2.05) is 13.0 Å². The van der Waals surface area contributed by atoms with E-state index in [-0.39, 0.29) is 5.91 Å². The normalized spacial score (nSPS) is 9.88. The van der Waals surface area contributed by atoms with Crippen LogP contribution in [-0.4, -0.2) is 25.9 Å². The molecule has 0 unspecified atom stereocenters. The zero-order valence-corrected chi connectivity index (χ0v) is 11.1. The van der Waals surface area contributed by atoms with Crippen molar-refractivity contribution in [1.29, 1.82) is 0 Å². The lowest BCUT2D eigenvalue weighted by atomic mass is 10.1. The van der Waals surface area contributed by atoms with Crippen LogP contribution >= 0.6 is 12.6 Å². The van der Waals surface area contributed by atoms with Crippen LogP contribution in [0.4, 0.5) is 5.69 Å². The molecule has 0 aliphatic carbocycles. The third kappa shape index (κ3) is 3.56. The Morgan fingerprint density at radius 2 is 2.06 bits per heavy atom. The van der Waals surface area contributed by atoms with Gasteiger partial charge in [0, 0.05) is 12.5 Å². The van der Waals surface area contributed by atoms with Gasteiger partial charge in [-0.3, -0.25) is 4.79 Å². The molecule has 1 aromatic rings. The lowest BCUT2D eigenvalue weighted by molar-refractivity contribution is -0.115. The fraction of sp³-hybridized carbons (Fsp3) is 0.417. The van der Waals surface area contributed by atoms with Crippen LogP contribution in [0.3, 0.4) is 0 Å². The number of benzene rings is 1. The Bertz CT molecular complexity index is 407. The van der Waals surface area contributed by atoms with Gasteiger partial charge in [-0.2, -0.15) is 12.6 Å². The molecule has 5 heteroatoms. The summed E-state index contributed by atoms with van der Waals surface area (Å²) in [4.78, 5) is 11.5. The predicted octanol–water partition coefficient (Wildman–Crippen LogP) is 2.27. The minimum Gasteiger partial charge on any atom is -0.497 e. The molecule has 0 saturated heterocycles. The van der Waals surface area contributed by atoms with Crippen LogP contribution in [0.2, 0.25) is 0 Å². The first kappa shape index (κ1) is 13.7. The highest BCUT2D eigenvalue weighted by molar-refractivity contribution is 7.80. The molecule has 0 bridgehead atoms. The van der Waals surface area contributed by atoms with Crippen molar-refractivity contribution >= 4 is 24.2 Å². The molecule has 1 amide bonds. The minimum atomic E-state index is -0.0773. The van der Waals surface area contributed by atoms with Crippen LogP contribution in [-0.2, 0) is 4.79 Å². The summed E-state index contributed by atoms with van der Waals surface area (Å²) in [7, 11) is 3.15. The predicted molar refractivity (Wildman–Crippen MR) is 71.4 cm³/mol. The van der Waals surface area contributed by atoms with Crippen LogP contribution in [0.25, 0.3) is 0 Å². The number of ether oxygens (including phenoxy) is 2. The summed E-state index contributed by atoms with van der Waals surface area (Å²) in [5.74, 6) is 1.73. The Kier molecular flexibility index (Phi) is 5.15. The van der Waals surface area contributed by atoms with E-state index in [4.69, 9.17) is 9.47 Å². The van der Waals surface area contributed by atoms with E-state index in [1.54, 1.807) is 20.3 Å². The fourth-order valence-corrected chi connectivity index (χ4v) is 1.67. The molecule has 0 saturated carbocycles. The zero-order valence-electron chi connectivity index (χ0n) is 10.2. The SMILES string of the molecule is COc1cc(C)c(NC(=O)CCS)c(OC)c1. The summed E-state index contributed by atoms with van der Waals surface area (Å²) >= 11 is 4.02. The van der Waals surface area contributed by atoms with Gasteiger partial charge in [-0.15, -0.1) is 0 Å². The lowest BCUT2D eigenvalue weighted by Crippen LogP contribution is -2.13. The number of carbonyl (C=O) groups excluding carboxylic acids is 1. The molecule has 0 spiro atoms. The van der Waals surface area contributed by atoms with Crippen molar-refractivity contribution in [3.63, 3.8) is 0 Å². The van der Waals surface area contributed by atoms with E-state index in [9.17, 15) is 4.79 Å². The number of rotatable bonds is 5. The molecular weight excluding hydrogens is 238 g/mol. The van der Waals surface area contributed by atoms with Gasteiger partial charge in [0.2, 0.25) is 5.91 Å². The molecule has 1 rings (SSSR count). The van der Waals surface area contributed by atoms with Gasteiger partial charge in [0.15, 0.2) is 0 Å². The Morgan fingerprint density at radius 1 is 1.35 bits per heavy atom. The molecule has 1 aromatic carbocycles. The first-order valence-corrected chi connectivity index (χ1v) is 5.89. The fourth-order valence-electron chi connectivity index (χ4n) is 1.47. The number of amides is 1. The number of nitrogens with one attached hydrogen (secondary N) is 1. The molecule has 0 radical (unpaired) electrons. The molecule has 0 aliphatic heterocycles. The van der Waals surface area contributed by atoms with E-state index >= 15 is 0 Å². The van der Waals surface area contributed by atoms with Crippen LogP contribution in [0.15, 0.2) is 12.1 Å². The highest BCUT2D eigenvalue weighted by Gasteiger charge is 2.11. The van der Waals surface area contributed by atoms with Crippen LogP contribution in [0.1, 0.15) is 12.0 Å². The van der Waals surface area contributed by atoms with Gasteiger partial charge >= 0.3 is 0 Å². The lowest BCUT2D eigenvalue weighted by Gasteiger charge is -2.14. The molecule has 1 N–H and O–H groups in total. The zero-order chi connectivity index (χ0) is 12.8. The second-order valence-corrected chi connectivity index (χ2v) is 3.99. The van der Waals surface area contributed by atoms with Gasteiger partial charge in [-0.25, -0.2) is 0 Å². The topological polar surface area (TPSA) is 47.6 Å². The van der Waals surface area contributed by atoms with Gasteiger partial charge in [0.1, 0.15) is 11.5 Å². The highest BCUT2D eigenvalue weighted by atomic mass is 32.1. The number of hydrogen-bond acceptors (Lipinski definition) is 4. The summed E-state index contributed by atoms with van der Waals surface area (Å²) in [6.07, 6.45) is 0.373. The van der Waals surface area contributed by atoms with Crippen molar-refractivity contribution in [2.45, 2.75) is 13.3 Å². The van der Waals surface area contributed by atoms with Crippen molar-refractivity contribution in [2.24, 2.45) is 0 Å². The molecule has 0 atom stereocenters. The number of methoxy groups -OCH3 is 2. The average molecular weight is 255 g/mol. The minimum absolute atomic E-state index is 0.0773. The van der Waals surface area contributed by atoms with Crippen molar-refractivity contribution in [1.82, 2.24) is 0 Å². The second-order valence-electron chi connectivity index (χ2n) is 3.54. The molecule has 94 valence electrons. The second kappa shape index (κ2) is 6.39. The van der Waals surface area contributed by atoms with Crippen molar-refractivity contribution in [3.05, 3.63) is 17.7 Å². The van der Waals surface area contributed by atoms with Crippen LogP contribution < -0.4 is 14.8 Å². The summed E-state index contributed by atoms with van der Waals surface area (Å²) < 4.78 is 10.4. The van der Waals surface area contributed by atoms with E-state index in [0.717, 1.165) is 5.56 Å². The van der Waals surface area contributed by atoms with Gasteiger partial charge in [0.05, 0.1) is 19.9 Å². The first-order chi connectivity index (χ1) is 8.12. The summed E-state index contributed by atoms with van der Waals surface area (Å²) in [5.41, 5.74) is 1.58. The monoisotopic (exact) mass is 255 g/mol. The molecule has 0 fully saturated rings. The highest BCUT2D eigenvalue weighted by Crippen LogP contribution is 2.33. The molecule has 0 aromatic heterocycles. The van der Waals surface area contributed by atoms with E-state index in [0.29, 0.717) is 29.4 Å². The molecular formula is C12H17NO3S. The molecule has 0 aliphatic rings. The van der Waals surface area contributed by atoms with Gasteiger partial charge in [-0.05, 0) is 24.3 Å². The molecule has 17 heavy (non-hydrogen) atoms.